The number of carbonyl (C=O) groups is 1. The molecule has 1 saturated carbocycles. The highest BCUT2D eigenvalue weighted by Gasteiger charge is 2.33. The van der Waals surface area contributed by atoms with Gasteiger partial charge in [-0.3, -0.25) is 4.79 Å². The van der Waals surface area contributed by atoms with E-state index in [1.165, 1.54) is 19.3 Å². The zero-order valence-corrected chi connectivity index (χ0v) is 14.3. The molecule has 0 radical (unpaired) electrons. The second-order valence-electron chi connectivity index (χ2n) is 6.29. The summed E-state index contributed by atoms with van der Waals surface area (Å²) in [7, 11) is 0. The van der Waals surface area contributed by atoms with Crippen molar-refractivity contribution in [2.24, 2.45) is 11.1 Å². The summed E-state index contributed by atoms with van der Waals surface area (Å²) in [6.45, 7) is 2.64. The quantitative estimate of drug-likeness (QED) is 0.843. The van der Waals surface area contributed by atoms with E-state index in [-0.39, 0.29) is 17.4 Å². The van der Waals surface area contributed by atoms with Crippen molar-refractivity contribution in [3.63, 3.8) is 0 Å². The predicted molar refractivity (Wildman–Crippen MR) is 89.9 cm³/mol. The first-order chi connectivity index (χ1) is 10.0. The molecule has 1 atom stereocenters. The Bertz CT molecular complexity index is 483. The largest absolute Gasteiger partial charge is 0.350 e. The fraction of sp³-hybridized carbons (Fsp3) is 0.588. The molecule has 0 bridgehead atoms. The van der Waals surface area contributed by atoms with Gasteiger partial charge in [0.05, 0.1) is 6.04 Å². The highest BCUT2D eigenvalue weighted by Crippen LogP contribution is 2.38. The molecule has 2 rings (SSSR count). The van der Waals surface area contributed by atoms with Gasteiger partial charge in [-0.25, -0.2) is 0 Å². The van der Waals surface area contributed by atoms with Gasteiger partial charge in [0.15, 0.2) is 0 Å². The molecule has 3 nitrogen and oxygen atoms in total. The van der Waals surface area contributed by atoms with Gasteiger partial charge in [-0.1, -0.05) is 47.3 Å². The summed E-state index contributed by atoms with van der Waals surface area (Å²) in [5, 5.41) is 3.11. The van der Waals surface area contributed by atoms with E-state index in [0.717, 1.165) is 22.9 Å². The third-order valence-electron chi connectivity index (χ3n) is 4.61. The molecule has 4 heteroatoms. The van der Waals surface area contributed by atoms with Crippen molar-refractivity contribution < 1.29 is 4.79 Å². The van der Waals surface area contributed by atoms with E-state index in [9.17, 15) is 4.79 Å². The number of hydrogen-bond donors (Lipinski definition) is 2. The van der Waals surface area contributed by atoms with Gasteiger partial charge < -0.3 is 11.1 Å². The van der Waals surface area contributed by atoms with Crippen LogP contribution in [0.2, 0.25) is 0 Å². The molecular formula is C17H25BrN2O. The fourth-order valence-electron chi connectivity index (χ4n) is 3.25. The van der Waals surface area contributed by atoms with Crippen LogP contribution >= 0.6 is 15.9 Å². The van der Waals surface area contributed by atoms with E-state index in [1.54, 1.807) is 0 Å². The maximum absolute atomic E-state index is 12.4. The smallest absolute Gasteiger partial charge is 0.221 e. The third-order valence-corrected chi connectivity index (χ3v) is 5.10. The van der Waals surface area contributed by atoms with Gasteiger partial charge >= 0.3 is 0 Å². The lowest BCUT2D eigenvalue weighted by Gasteiger charge is -2.36. The van der Waals surface area contributed by atoms with Crippen molar-refractivity contribution >= 4 is 21.8 Å². The van der Waals surface area contributed by atoms with E-state index in [0.29, 0.717) is 13.0 Å². The van der Waals surface area contributed by atoms with Gasteiger partial charge in [0.1, 0.15) is 0 Å². The van der Waals surface area contributed by atoms with Crippen LogP contribution in [0, 0.1) is 5.41 Å². The lowest BCUT2D eigenvalue weighted by molar-refractivity contribution is -0.124. The fourth-order valence-corrected chi connectivity index (χ4v) is 3.66. The van der Waals surface area contributed by atoms with Gasteiger partial charge in [-0.15, -0.1) is 0 Å². The molecule has 0 saturated heterocycles. The first-order valence-electron chi connectivity index (χ1n) is 7.80. The van der Waals surface area contributed by atoms with Crippen molar-refractivity contribution in [1.82, 2.24) is 5.32 Å². The van der Waals surface area contributed by atoms with Crippen molar-refractivity contribution in [2.75, 3.05) is 6.54 Å². The summed E-state index contributed by atoms with van der Waals surface area (Å²) in [5.41, 5.74) is 7.10. The number of benzene rings is 1. The molecule has 3 N–H and O–H groups in total. The third kappa shape index (κ3) is 4.55. The Balaban J connectivity index is 1.94. The molecular weight excluding hydrogens is 328 g/mol. The van der Waals surface area contributed by atoms with Crippen molar-refractivity contribution in [3.8, 4) is 0 Å². The van der Waals surface area contributed by atoms with Crippen LogP contribution in [0.25, 0.3) is 0 Å². The van der Waals surface area contributed by atoms with Crippen LogP contribution in [0.1, 0.15) is 57.1 Å². The van der Waals surface area contributed by atoms with Gasteiger partial charge in [-0.05, 0) is 49.4 Å². The molecule has 1 aliphatic carbocycles. The Hall–Kier alpha value is -0.870. The van der Waals surface area contributed by atoms with Crippen LogP contribution in [0.15, 0.2) is 28.7 Å². The number of carbonyl (C=O) groups excluding carboxylic acids is 1. The van der Waals surface area contributed by atoms with Crippen LogP contribution in [0.4, 0.5) is 0 Å². The zero-order valence-electron chi connectivity index (χ0n) is 12.7. The highest BCUT2D eigenvalue weighted by molar-refractivity contribution is 9.10. The average Bonchev–Trinajstić information content (AvgIpc) is 2.48. The number of nitrogens with two attached hydrogens (primary N) is 1. The van der Waals surface area contributed by atoms with E-state index in [4.69, 9.17) is 5.73 Å². The Morgan fingerprint density at radius 2 is 2.10 bits per heavy atom. The summed E-state index contributed by atoms with van der Waals surface area (Å²) in [6, 6.07) is 8.08. The number of halogens is 1. The van der Waals surface area contributed by atoms with Crippen LogP contribution in [0.3, 0.4) is 0 Å². The summed E-state index contributed by atoms with van der Waals surface area (Å²) in [4.78, 5) is 12.4. The molecule has 1 fully saturated rings. The summed E-state index contributed by atoms with van der Waals surface area (Å²) < 4.78 is 1.03. The van der Waals surface area contributed by atoms with Crippen molar-refractivity contribution in [2.45, 2.75) is 51.5 Å². The topological polar surface area (TPSA) is 55.1 Å². The normalized spacial score (nSPS) is 19.0. The molecule has 0 aromatic heterocycles. The second-order valence-corrected chi connectivity index (χ2v) is 7.20. The minimum Gasteiger partial charge on any atom is -0.350 e. The zero-order chi connectivity index (χ0) is 15.3. The van der Waals surface area contributed by atoms with Crippen molar-refractivity contribution in [3.05, 3.63) is 34.3 Å². The molecule has 0 heterocycles. The number of amides is 1. The van der Waals surface area contributed by atoms with E-state index in [1.807, 2.05) is 31.2 Å². The first kappa shape index (κ1) is 16.5. The number of nitrogens with one attached hydrogen (secondary N) is 1. The van der Waals surface area contributed by atoms with E-state index < -0.39 is 0 Å². The molecule has 0 aliphatic heterocycles. The Morgan fingerprint density at radius 3 is 2.71 bits per heavy atom. The first-order valence-corrected chi connectivity index (χ1v) is 8.59. The minimum absolute atomic E-state index is 0.0217. The summed E-state index contributed by atoms with van der Waals surface area (Å²) >= 11 is 3.47. The average molecular weight is 353 g/mol. The standard InChI is InChI=1S/C17H25BrN2O/c1-13(14-6-5-7-15(18)10-14)20-16(21)11-17(12-19)8-3-2-4-9-17/h5-7,10,13H,2-4,8-9,11-12,19H2,1H3,(H,20,21)/t13-/m1/s1. The maximum atomic E-state index is 12.4. The highest BCUT2D eigenvalue weighted by atomic mass is 79.9. The SMILES string of the molecule is C[C@@H](NC(=O)CC1(CN)CCCCC1)c1cccc(Br)c1. The Kier molecular flexibility index (Phi) is 5.82. The minimum atomic E-state index is 0.0217. The molecule has 21 heavy (non-hydrogen) atoms. The van der Waals surface area contributed by atoms with Crippen LogP contribution < -0.4 is 11.1 Å². The number of hydrogen-bond acceptors (Lipinski definition) is 2. The molecule has 1 amide bonds. The van der Waals surface area contributed by atoms with Gasteiger partial charge in [-0.2, -0.15) is 0 Å². The maximum Gasteiger partial charge on any atom is 0.221 e. The lowest BCUT2D eigenvalue weighted by atomic mass is 9.71. The predicted octanol–water partition coefficient (Wildman–Crippen LogP) is 3.93. The lowest BCUT2D eigenvalue weighted by Crippen LogP contribution is -2.39. The molecule has 0 unspecified atom stereocenters. The monoisotopic (exact) mass is 352 g/mol. The van der Waals surface area contributed by atoms with Crippen LogP contribution in [-0.2, 0) is 4.79 Å². The summed E-state index contributed by atoms with van der Waals surface area (Å²) in [5.74, 6) is 0.120. The van der Waals surface area contributed by atoms with E-state index >= 15 is 0 Å². The Labute approximate surface area is 135 Å². The Morgan fingerprint density at radius 1 is 1.38 bits per heavy atom. The molecule has 1 aromatic carbocycles. The van der Waals surface area contributed by atoms with Crippen LogP contribution in [0.5, 0.6) is 0 Å². The van der Waals surface area contributed by atoms with Gasteiger partial charge in [0.25, 0.3) is 0 Å². The van der Waals surface area contributed by atoms with E-state index in [2.05, 4.69) is 21.2 Å². The second kappa shape index (κ2) is 7.41. The van der Waals surface area contributed by atoms with Gasteiger partial charge in [0.2, 0.25) is 5.91 Å². The van der Waals surface area contributed by atoms with Gasteiger partial charge in [0, 0.05) is 10.9 Å². The molecule has 0 spiro atoms. The molecule has 116 valence electrons. The van der Waals surface area contributed by atoms with Crippen LogP contribution in [-0.4, -0.2) is 12.5 Å². The summed E-state index contributed by atoms with van der Waals surface area (Å²) in [6.07, 6.45) is 6.40. The molecule has 1 aromatic rings. The van der Waals surface area contributed by atoms with Crippen molar-refractivity contribution in [1.29, 1.82) is 0 Å². The number of rotatable bonds is 5. The molecule has 1 aliphatic rings.